The van der Waals surface area contributed by atoms with Gasteiger partial charge in [0.25, 0.3) is 11.1 Å². The predicted molar refractivity (Wildman–Crippen MR) is 50.8 cm³/mol. The van der Waals surface area contributed by atoms with Crippen molar-refractivity contribution in [1.29, 1.82) is 0 Å². The molecule has 0 unspecified atom stereocenters. The van der Waals surface area contributed by atoms with Gasteiger partial charge in [0.1, 0.15) is 0 Å². The van der Waals surface area contributed by atoms with Crippen molar-refractivity contribution < 1.29 is 0 Å². The summed E-state index contributed by atoms with van der Waals surface area (Å²) >= 11 is 0. The third-order valence-corrected chi connectivity index (χ3v) is 1.76. The first kappa shape index (κ1) is 8.36. The first-order chi connectivity index (χ1) is 6.68. The number of hydrogen-bond acceptors (Lipinski definition) is 5. The van der Waals surface area contributed by atoms with Gasteiger partial charge >= 0.3 is 0 Å². The molecule has 0 saturated carbocycles. The van der Waals surface area contributed by atoms with E-state index in [-0.39, 0.29) is 16.7 Å². The minimum Gasteiger partial charge on any atom is -0.369 e. The van der Waals surface area contributed by atoms with Crippen LogP contribution >= 0.6 is 0 Å². The molecule has 70 valence electrons. The molecule has 0 bridgehead atoms. The Hall–Kier alpha value is -2.24. The third-order valence-electron chi connectivity index (χ3n) is 1.76. The molecule has 0 amide bonds. The second kappa shape index (κ2) is 2.91. The summed E-state index contributed by atoms with van der Waals surface area (Å²) in [5.41, 5.74) is 4.26. The number of H-pyrrole nitrogens is 1. The van der Waals surface area contributed by atoms with Gasteiger partial charge in [0.15, 0.2) is 0 Å². The Morgan fingerprint density at radius 3 is 2.86 bits per heavy atom. The summed E-state index contributed by atoms with van der Waals surface area (Å²) in [5.74, 6) is -0.198. The van der Waals surface area contributed by atoms with Crippen molar-refractivity contribution in [3.8, 4) is 0 Å². The van der Waals surface area contributed by atoms with Crippen molar-refractivity contribution in [2.24, 2.45) is 0 Å². The first-order valence-electron chi connectivity index (χ1n) is 3.82. The van der Waals surface area contributed by atoms with Gasteiger partial charge in [-0.25, -0.2) is 0 Å². The fraction of sp³-hybridized carbons (Fsp3) is 0. The van der Waals surface area contributed by atoms with E-state index in [1.165, 1.54) is 18.5 Å². The number of nitrogen functional groups attached to an aromatic ring is 1. The smallest absolute Gasteiger partial charge is 0.282 e. The summed E-state index contributed by atoms with van der Waals surface area (Å²) in [4.78, 5) is 32.2. The number of nitrogens with two attached hydrogens (primary N) is 1. The Morgan fingerprint density at radius 1 is 1.29 bits per heavy atom. The summed E-state index contributed by atoms with van der Waals surface area (Å²) in [7, 11) is 0. The lowest BCUT2D eigenvalue weighted by Gasteiger charge is -1.84. The topological polar surface area (TPSA) is 102 Å². The van der Waals surface area contributed by atoms with Crippen LogP contribution in [0.15, 0.2) is 28.0 Å². The number of pyridine rings is 1. The van der Waals surface area contributed by atoms with E-state index in [1.54, 1.807) is 0 Å². The van der Waals surface area contributed by atoms with Crippen molar-refractivity contribution in [2.45, 2.75) is 0 Å². The van der Waals surface area contributed by atoms with Crippen LogP contribution in [0.4, 0.5) is 5.95 Å². The second-order valence-corrected chi connectivity index (χ2v) is 2.68. The molecule has 0 aliphatic rings. The van der Waals surface area contributed by atoms with Crippen LogP contribution in [0.5, 0.6) is 0 Å². The number of nitrogens with one attached hydrogen (secondary N) is 1. The molecular weight excluding hydrogens is 184 g/mol. The molecule has 3 N–H and O–H groups in total. The zero-order valence-electron chi connectivity index (χ0n) is 7.02. The summed E-state index contributed by atoms with van der Waals surface area (Å²) in [5, 5.41) is 0.389. The van der Waals surface area contributed by atoms with Crippen LogP contribution in [0.2, 0.25) is 0 Å². The Balaban J connectivity index is 3.18. The molecule has 2 rings (SSSR count). The third kappa shape index (κ3) is 1.22. The van der Waals surface area contributed by atoms with E-state index in [4.69, 9.17) is 5.73 Å². The van der Waals surface area contributed by atoms with Crippen molar-refractivity contribution in [3.63, 3.8) is 0 Å². The standard InChI is InChI=1S/C8H6N4O2/c9-8-11-6(13)4-1-2-10-3-5(4)7(14)12-8/h1-3H,(H3,9,11,12,13,14). The minimum absolute atomic E-state index is 0.158. The molecule has 0 aliphatic heterocycles. The van der Waals surface area contributed by atoms with E-state index < -0.39 is 11.1 Å². The number of rotatable bonds is 0. The molecular formula is C8H6N4O2. The fourth-order valence-corrected chi connectivity index (χ4v) is 1.14. The van der Waals surface area contributed by atoms with Crippen LogP contribution in [0.3, 0.4) is 0 Å². The Bertz CT molecular complexity index is 553. The van der Waals surface area contributed by atoms with Crippen LogP contribution in [0.25, 0.3) is 10.8 Å². The minimum atomic E-state index is -0.566. The SMILES string of the molecule is Nc1nc(=O)c2cnccc2c(=O)[nH]1. The average molecular weight is 190 g/mol. The first-order valence-corrected chi connectivity index (χ1v) is 3.82. The van der Waals surface area contributed by atoms with Gasteiger partial charge in [-0.2, -0.15) is 4.98 Å². The highest BCUT2D eigenvalue weighted by atomic mass is 16.1. The Kier molecular flexibility index (Phi) is 1.74. The second-order valence-electron chi connectivity index (χ2n) is 2.68. The van der Waals surface area contributed by atoms with Crippen molar-refractivity contribution in [2.75, 3.05) is 5.73 Å². The molecule has 0 radical (unpaired) electrons. The molecule has 0 spiro atoms. The number of aromatic nitrogens is 3. The van der Waals surface area contributed by atoms with Crippen LogP contribution in [0.1, 0.15) is 0 Å². The van der Waals surface area contributed by atoms with Gasteiger partial charge in [-0.3, -0.25) is 19.6 Å². The van der Waals surface area contributed by atoms with E-state index in [0.717, 1.165) is 0 Å². The van der Waals surface area contributed by atoms with E-state index in [2.05, 4.69) is 15.0 Å². The van der Waals surface area contributed by atoms with Gasteiger partial charge in [-0.1, -0.05) is 0 Å². The lowest BCUT2D eigenvalue weighted by atomic mass is 10.3. The van der Waals surface area contributed by atoms with E-state index in [1.807, 2.05) is 0 Å². The van der Waals surface area contributed by atoms with Crippen molar-refractivity contribution in [3.05, 3.63) is 39.2 Å². The van der Waals surface area contributed by atoms with Gasteiger partial charge in [0.05, 0.1) is 10.8 Å². The summed E-state index contributed by atoms with van der Waals surface area (Å²) in [6.07, 6.45) is 2.71. The Labute approximate surface area is 77.4 Å². The zero-order valence-corrected chi connectivity index (χ0v) is 7.02. The quantitative estimate of drug-likeness (QED) is 0.569. The molecule has 6 nitrogen and oxygen atoms in total. The van der Waals surface area contributed by atoms with Gasteiger partial charge in [-0.15, -0.1) is 0 Å². The molecule has 0 aliphatic carbocycles. The normalized spacial score (nSPS) is 10.3. The molecule has 2 aromatic rings. The number of hydrogen-bond donors (Lipinski definition) is 2. The monoisotopic (exact) mass is 190 g/mol. The van der Waals surface area contributed by atoms with Crippen LogP contribution in [-0.2, 0) is 0 Å². The highest BCUT2D eigenvalue weighted by Crippen LogP contribution is 1.98. The van der Waals surface area contributed by atoms with Crippen molar-refractivity contribution in [1.82, 2.24) is 15.0 Å². The Morgan fingerprint density at radius 2 is 2.07 bits per heavy atom. The number of aromatic amines is 1. The molecule has 0 saturated heterocycles. The number of nitrogens with zero attached hydrogens (tertiary/aromatic N) is 2. The number of fused-ring (bicyclic) bond motifs is 1. The fourth-order valence-electron chi connectivity index (χ4n) is 1.14. The molecule has 0 aromatic carbocycles. The van der Waals surface area contributed by atoms with Crippen LogP contribution in [-0.4, -0.2) is 15.0 Å². The lowest BCUT2D eigenvalue weighted by Crippen LogP contribution is -2.05. The maximum absolute atomic E-state index is 11.4. The summed E-state index contributed by atoms with van der Waals surface area (Å²) in [6.45, 7) is 0. The van der Waals surface area contributed by atoms with E-state index in [9.17, 15) is 9.59 Å². The molecule has 0 atom stereocenters. The molecule has 2 heterocycles. The highest BCUT2D eigenvalue weighted by molar-refractivity contribution is 5.79. The highest BCUT2D eigenvalue weighted by Gasteiger charge is 2.01. The maximum atomic E-state index is 11.4. The summed E-state index contributed by atoms with van der Waals surface area (Å²) < 4.78 is 0. The van der Waals surface area contributed by atoms with Gasteiger partial charge < -0.3 is 5.73 Å². The summed E-state index contributed by atoms with van der Waals surface area (Å²) in [6, 6.07) is 1.44. The lowest BCUT2D eigenvalue weighted by molar-refractivity contribution is 1.18. The van der Waals surface area contributed by atoms with Crippen LogP contribution < -0.4 is 16.9 Å². The van der Waals surface area contributed by atoms with Crippen LogP contribution in [0, 0.1) is 0 Å². The van der Waals surface area contributed by atoms with Crippen molar-refractivity contribution >= 4 is 16.7 Å². The predicted octanol–water partition coefficient (Wildman–Crippen LogP) is -0.740. The van der Waals surface area contributed by atoms with Gasteiger partial charge in [-0.05, 0) is 6.07 Å². The average Bonchev–Trinajstić information content (AvgIpc) is 2.26. The molecule has 2 aromatic heterocycles. The maximum Gasteiger partial charge on any atom is 0.282 e. The molecule has 0 fully saturated rings. The van der Waals surface area contributed by atoms with Gasteiger partial charge in [0.2, 0.25) is 5.95 Å². The largest absolute Gasteiger partial charge is 0.369 e. The van der Waals surface area contributed by atoms with E-state index >= 15 is 0 Å². The molecule has 14 heavy (non-hydrogen) atoms. The number of anilines is 1. The van der Waals surface area contributed by atoms with E-state index in [0.29, 0.717) is 0 Å². The zero-order chi connectivity index (χ0) is 10.1. The van der Waals surface area contributed by atoms with Gasteiger partial charge in [0, 0.05) is 12.4 Å². The molecule has 6 heteroatoms.